The molecule has 0 heterocycles. The Morgan fingerprint density at radius 1 is 1.40 bits per heavy atom. The molecule has 1 aromatic carbocycles. The predicted molar refractivity (Wildman–Crippen MR) is 76.4 cm³/mol. The molecular formula is C13H21FN2O3S. The minimum absolute atomic E-state index is 0.0856. The van der Waals surface area contributed by atoms with Crippen LogP contribution >= 0.6 is 0 Å². The number of rotatable bonds is 7. The fourth-order valence-corrected chi connectivity index (χ4v) is 2.62. The molecule has 5 nitrogen and oxygen atoms in total. The van der Waals surface area contributed by atoms with Crippen LogP contribution in [0.25, 0.3) is 0 Å². The number of hydrogen-bond donors (Lipinski definition) is 2. The molecule has 0 saturated carbocycles. The van der Waals surface area contributed by atoms with Crippen LogP contribution in [-0.2, 0) is 14.8 Å². The maximum Gasteiger partial charge on any atom is 0.243 e. The first-order chi connectivity index (χ1) is 9.24. The molecule has 0 aliphatic carbocycles. The molecule has 0 aromatic heterocycles. The van der Waals surface area contributed by atoms with Gasteiger partial charge in [0.25, 0.3) is 0 Å². The summed E-state index contributed by atoms with van der Waals surface area (Å²) in [6.07, 6.45) is 0. The van der Waals surface area contributed by atoms with Gasteiger partial charge < -0.3 is 10.5 Å². The van der Waals surface area contributed by atoms with Crippen molar-refractivity contribution >= 4 is 15.7 Å². The van der Waals surface area contributed by atoms with Crippen molar-refractivity contribution in [2.24, 2.45) is 5.92 Å². The summed E-state index contributed by atoms with van der Waals surface area (Å²) in [5.41, 5.74) is 6.35. The highest BCUT2D eigenvalue weighted by atomic mass is 32.2. The first-order valence-electron chi connectivity index (χ1n) is 6.37. The molecule has 7 heteroatoms. The Labute approximate surface area is 119 Å². The summed E-state index contributed by atoms with van der Waals surface area (Å²) >= 11 is 0. The van der Waals surface area contributed by atoms with Gasteiger partial charge in [0.1, 0.15) is 10.7 Å². The number of ether oxygens (including phenoxy) is 1. The average Bonchev–Trinajstić information content (AvgIpc) is 2.32. The lowest BCUT2D eigenvalue weighted by Crippen LogP contribution is -2.28. The molecule has 1 rings (SSSR count). The lowest BCUT2D eigenvalue weighted by Gasteiger charge is -2.11. The normalized spacial score (nSPS) is 12.1. The van der Waals surface area contributed by atoms with Gasteiger partial charge in [-0.15, -0.1) is 0 Å². The summed E-state index contributed by atoms with van der Waals surface area (Å²) in [5.74, 6) is -0.437. The van der Waals surface area contributed by atoms with Crippen LogP contribution in [0.1, 0.15) is 19.4 Å². The summed E-state index contributed by atoms with van der Waals surface area (Å²) in [4.78, 5) is -0.440. The highest BCUT2D eigenvalue weighted by molar-refractivity contribution is 7.89. The number of hydrogen-bond acceptors (Lipinski definition) is 4. The van der Waals surface area contributed by atoms with Crippen molar-refractivity contribution in [3.63, 3.8) is 0 Å². The molecule has 0 fully saturated rings. The van der Waals surface area contributed by atoms with Gasteiger partial charge in [-0.25, -0.2) is 17.5 Å². The van der Waals surface area contributed by atoms with Crippen LogP contribution in [-0.4, -0.2) is 28.2 Å². The van der Waals surface area contributed by atoms with E-state index in [2.05, 4.69) is 4.72 Å². The molecule has 0 aliphatic heterocycles. The lowest BCUT2D eigenvalue weighted by atomic mass is 10.2. The molecule has 0 atom stereocenters. The Balaban J connectivity index is 2.68. The van der Waals surface area contributed by atoms with Gasteiger partial charge in [-0.2, -0.15) is 0 Å². The Morgan fingerprint density at radius 2 is 2.05 bits per heavy atom. The van der Waals surface area contributed by atoms with Crippen LogP contribution in [0.4, 0.5) is 10.1 Å². The number of nitrogen functional groups attached to an aromatic ring is 1. The molecular weight excluding hydrogens is 283 g/mol. The maximum absolute atomic E-state index is 13.7. The quantitative estimate of drug-likeness (QED) is 0.593. The van der Waals surface area contributed by atoms with Gasteiger partial charge in [0, 0.05) is 18.8 Å². The van der Waals surface area contributed by atoms with E-state index in [4.69, 9.17) is 10.5 Å². The number of sulfonamides is 1. The molecule has 20 heavy (non-hydrogen) atoms. The topological polar surface area (TPSA) is 81.4 Å². The second-order valence-electron chi connectivity index (χ2n) is 5.01. The minimum Gasteiger partial charge on any atom is -0.398 e. The molecule has 0 bridgehead atoms. The van der Waals surface area contributed by atoms with Crippen molar-refractivity contribution in [1.82, 2.24) is 4.72 Å². The average molecular weight is 304 g/mol. The third kappa shape index (κ3) is 4.73. The molecule has 114 valence electrons. The van der Waals surface area contributed by atoms with Crippen molar-refractivity contribution in [3.8, 4) is 0 Å². The van der Waals surface area contributed by atoms with Gasteiger partial charge in [0.05, 0.1) is 6.61 Å². The van der Waals surface area contributed by atoms with Crippen LogP contribution < -0.4 is 10.5 Å². The first-order valence-corrected chi connectivity index (χ1v) is 7.85. The van der Waals surface area contributed by atoms with Crippen LogP contribution in [0.3, 0.4) is 0 Å². The van der Waals surface area contributed by atoms with Crippen LogP contribution in [0.5, 0.6) is 0 Å². The first kappa shape index (κ1) is 16.9. The standard InChI is InChI=1S/C13H21FN2O3S/c1-9(2)8-19-5-4-16-20(17,18)13-7-12(15)10(3)6-11(13)14/h6-7,9,16H,4-5,8,15H2,1-3H3. The van der Waals surface area contributed by atoms with Crippen LogP contribution in [0.2, 0.25) is 0 Å². The van der Waals surface area contributed by atoms with Crippen molar-refractivity contribution < 1.29 is 17.5 Å². The summed E-state index contributed by atoms with van der Waals surface area (Å²) < 4.78 is 45.1. The van der Waals surface area contributed by atoms with E-state index in [1.807, 2.05) is 13.8 Å². The third-order valence-corrected chi connectivity index (χ3v) is 4.08. The van der Waals surface area contributed by atoms with Crippen LogP contribution in [0.15, 0.2) is 17.0 Å². The SMILES string of the molecule is Cc1cc(F)c(S(=O)(=O)NCCOCC(C)C)cc1N. The zero-order valence-electron chi connectivity index (χ0n) is 11.9. The monoisotopic (exact) mass is 304 g/mol. The maximum atomic E-state index is 13.7. The van der Waals surface area contributed by atoms with E-state index in [1.165, 1.54) is 0 Å². The Kier molecular flexibility index (Phi) is 5.91. The minimum atomic E-state index is -3.92. The number of nitrogens with two attached hydrogens (primary N) is 1. The van der Waals surface area contributed by atoms with E-state index in [9.17, 15) is 12.8 Å². The van der Waals surface area contributed by atoms with Gasteiger partial charge in [0.15, 0.2) is 0 Å². The van der Waals surface area contributed by atoms with Crippen molar-refractivity contribution in [2.45, 2.75) is 25.7 Å². The number of anilines is 1. The van der Waals surface area contributed by atoms with Gasteiger partial charge in [-0.1, -0.05) is 13.8 Å². The number of aryl methyl sites for hydroxylation is 1. The molecule has 1 aromatic rings. The summed E-state index contributed by atoms with van der Waals surface area (Å²) in [5, 5.41) is 0. The number of benzene rings is 1. The molecule has 0 amide bonds. The zero-order chi connectivity index (χ0) is 15.3. The fourth-order valence-electron chi connectivity index (χ4n) is 1.52. The molecule has 0 aliphatic rings. The lowest BCUT2D eigenvalue weighted by molar-refractivity contribution is 0.114. The van der Waals surface area contributed by atoms with E-state index in [-0.39, 0.29) is 18.8 Å². The van der Waals surface area contributed by atoms with E-state index in [0.29, 0.717) is 18.1 Å². The zero-order valence-corrected chi connectivity index (χ0v) is 12.8. The molecule has 0 spiro atoms. The summed E-state index contributed by atoms with van der Waals surface area (Å²) in [7, 11) is -3.92. The largest absolute Gasteiger partial charge is 0.398 e. The molecule has 3 N–H and O–H groups in total. The highest BCUT2D eigenvalue weighted by Crippen LogP contribution is 2.21. The summed E-state index contributed by atoms with van der Waals surface area (Å²) in [6.45, 7) is 6.47. The fraction of sp³-hybridized carbons (Fsp3) is 0.538. The predicted octanol–water partition coefficient (Wildman–Crippen LogP) is 1.67. The van der Waals surface area contributed by atoms with E-state index in [1.54, 1.807) is 6.92 Å². The Hall–Kier alpha value is -1.18. The van der Waals surface area contributed by atoms with E-state index in [0.717, 1.165) is 12.1 Å². The number of nitrogens with one attached hydrogen (secondary N) is 1. The third-order valence-electron chi connectivity index (χ3n) is 2.60. The highest BCUT2D eigenvalue weighted by Gasteiger charge is 2.19. The Bertz CT molecular complexity index is 559. The number of halogens is 1. The van der Waals surface area contributed by atoms with Gasteiger partial charge in [0.2, 0.25) is 10.0 Å². The second kappa shape index (κ2) is 7.01. The van der Waals surface area contributed by atoms with E-state index >= 15 is 0 Å². The molecule has 0 unspecified atom stereocenters. The Morgan fingerprint density at radius 3 is 2.65 bits per heavy atom. The van der Waals surface area contributed by atoms with Crippen molar-refractivity contribution in [1.29, 1.82) is 0 Å². The smallest absolute Gasteiger partial charge is 0.243 e. The van der Waals surface area contributed by atoms with Gasteiger partial charge in [-0.3, -0.25) is 0 Å². The van der Waals surface area contributed by atoms with Crippen LogP contribution in [0, 0.1) is 18.7 Å². The van der Waals surface area contributed by atoms with Gasteiger partial charge in [-0.05, 0) is 30.5 Å². The summed E-state index contributed by atoms with van der Waals surface area (Å²) in [6, 6.07) is 2.24. The molecule has 0 radical (unpaired) electrons. The van der Waals surface area contributed by atoms with Crippen molar-refractivity contribution in [3.05, 3.63) is 23.5 Å². The van der Waals surface area contributed by atoms with E-state index < -0.39 is 20.7 Å². The second-order valence-corrected chi connectivity index (χ2v) is 6.74. The molecule has 0 saturated heterocycles. The van der Waals surface area contributed by atoms with Gasteiger partial charge >= 0.3 is 0 Å². The van der Waals surface area contributed by atoms with Crippen molar-refractivity contribution in [2.75, 3.05) is 25.5 Å².